The van der Waals surface area contributed by atoms with Crippen LogP contribution in [0.5, 0.6) is 0 Å². The molecule has 0 radical (unpaired) electrons. The van der Waals surface area contributed by atoms with Crippen LogP contribution in [-0.2, 0) is 0 Å². The molecule has 0 spiro atoms. The molecule has 1 unspecified atom stereocenters. The van der Waals surface area contributed by atoms with Gasteiger partial charge in [0.15, 0.2) is 6.19 Å². The van der Waals surface area contributed by atoms with Crippen molar-refractivity contribution in [1.82, 2.24) is 20.3 Å². The SMILES string of the molecule is N#CN1CCC(c2cc(-c3cccc(-c4cnoc4)c3)[nH]n2)C1. The molecule has 1 aromatic carbocycles. The van der Waals surface area contributed by atoms with Crippen LogP contribution < -0.4 is 0 Å². The highest BCUT2D eigenvalue weighted by atomic mass is 16.5. The maximum absolute atomic E-state index is 8.97. The van der Waals surface area contributed by atoms with Gasteiger partial charge in [0.1, 0.15) is 6.26 Å². The molecular weight excluding hydrogens is 290 g/mol. The van der Waals surface area contributed by atoms with E-state index in [1.54, 1.807) is 17.4 Å². The van der Waals surface area contributed by atoms with Crippen LogP contribution in [0, 0.1) is 11.5 Å². The van der Waals surface area contributed by atoms with E-state index in [4.69, 9.17) is 9.78 Å². The first kappa shape index (κ1) is 13.6. The summed E-state index contributed by atoms with van der Waals surface area (Å²) < 4.78 is 4.91. The zero-order valence-electron chi connectivity index (χ0n) is 12.4. The summed E-state index contributed by atoms with van der Waals surface area (Å²) in [6.45, 7) is 1.56. The Morgan fingerprint density at radius 3 is 2.96 bits per heavy atom. The molecule has 1 fully saturated rings. The summed E-state index contributed by atoms with van der Waals surface area (Å²) in [5.74, 6) is 0.320. The Morgan fingerprint density at radius 1 is 1.26 bits per heavy atom. The van der Waals surface area contributed by atoms with Gasteiger partial charge >= 0.3 is 0 Å². The fraction of sp³-hybridized carbons (Fsp3) is 0.235. The zero-order chi connectivity index (χ0) is 15.6. The number of H-pyrrole nitrogens is 1. The number of hydrogen-bond donors (Lipinski definition) is 1. The number of aromatic amines is 1. The average Bonchev–Trinajstić information content (AvgIpc) is 3.35. The van der Waals surface area contributed by atoms with E-state index < -0.39 is 0 Å². The van der Waals surface area contributed by atoms with Crippen LogP contribution in [0.2, 0.25) is 0 Å². The molecule has 2 aromatic heterocycles. The van der Waals surface area contributed by atoms with E-state index in [1.807, 2.05) is 18.2 Å². The van der Waals surface area contributed by atoms with Gasteiger partial charge in [-0.1, -0.05) is 23.4 Å². The van der Waals surface area contributed by atoms with E-state index in [1.165, 1.54) is 0 Å². The van der Waals surface area contributed by atoms with E-state index in [-0.39, 0.29) is 0 Å². The minimum absolute atomic E-state index is 0.320. The number of rotatable bonds is 3. The van der Waals surface area contributed by atoms with Gasteiger partial charge in [0.2, 0.25) is 0 Å². The number of aromatic nitrogens is 3. The topological polar surface area (TPSA) is 81.7 Å². The van der Waals surface area contributed by atoms with Crippen molar-refractivity contribution in [3.8, 4) is 28.6 Å². The molecule has 6 heteroatoms. The molecule has 3 heterocycles. The van der Waals surface area contributed by atoms with Crippen molar-refractivity contribution in [2.45, 2.75) is 12.3 Å². The lowest BCUT2D eigenvalue weighted by atomic mass is 10.0. The summed E-state index contributed by atoms with van der Waals surface area (Å²) in [5, 5.41) is 20.3. The van der Waals surface area contributed by atoms with Crippen molar-refractivity contribution in [3.05, 3.63) is 48.5 Å². The molecule has 1 atom stereocenters. The fourth-order valence-electron chi connectivity index (χ4n) is 3.00. The largest absolute Gasteiger partial charge is 0.364 e. The van der Waals surface area contributed by atoms with Crippen molar-refractivity contribution in [3.63, 3.8) is 0 Å². The van der Waals surface area contributed by atoms with Crippen LogP contribution in [0.25, 0.3) is 22.4 Å². The van der Waals surface area contributed by atoms with Gasteiger partial charge in [0, 0.05) is 30.1 Å². The van der Waals surface area contributed by atoms with Crippen molar-refractivity contribution in [1.29, 1.82) is 5.26 Å². The summed E-state index contributed by atoms with van der Waals surface area (Å²) in [4.78, 5) is 1.78. The van der Waals surface area contributed by atoms with Crippen molar-refractivity contribution < 1.29 is 4.52 Å². The zero-order valence-corrected chi connectivity index (χ0v) is 12.4. The third-order valence-electron chi connectivity index (χ3n) is 4.28. The Kier molecular flexibility index (Phi) is 3.31. The summed E-state index contributed by atoms with van der Waals surface area (Å²) >= 11 is 0. The lowest BCUT2D eigenvalue weighted by molar-refractivity contribution is 0.420. The molecule has 3 aromatic rings. The molecule has 4 rings (SSSR count). The second-order valence-corrected chi connectivity index (χ2v) is 5.73. The molecule has 0 bridgehead atoms. The maximum Gasteiger partial charge on any atom is 0.179 e. The van der Waals surface area contributed by atoms with E-state index in [9.17, 15) is 0 Å². The lowest BCUT2D eigenvalue weighted by Crippen LogP contribution is -2.12. The van der Waals surface area contributed by atoms with Gasteiger partial charge in [-0.3, -0.25) is 5.10 Å². The number of hydrogen-bond acceptors (Lipinski definition) is 5. The van der Waals surface area contributed by atoms with Crippen LogP contribution in [-0.4, -0.2) is 33.3 Å². The highest BCUT2D eigenvalue weighted by molar-refractivity contribution is 5.70. The third kappa shape index (κ3) is 2.57. The number of nitriles is 1. The molecule has 0 saturated carbocycles. The predicted molar refractivity (Wildman–Crippen MR) is 84.1 cm³/mol. The van der Waals surface area contributed by atoms with Gasteiger partial charge in [-0.15, -0.1) is 0 Å². The first-order valence-corrected chi connectivity index (χ1v) is 7.53. The average molecular weight is 305 g/mol. The first-order valence-electron chi connectivity index (χ1n) is 7.53. The van der Waals surface area contributed by atoms with Gasteiger partial charge < -0.3 is 9.42 Å². The fourth-order valence-corrected chi connectivity index (χ4v) is 3.00. The molecule has 1 saturated heterocycles. The van der Waals surface area contributed by atoms with Crippen LogP contribution in [0.15, 0.2) is 47.3 Å². The highest BCUT2D eigenvalue weighted by Crippen LogP contribution is 2.30. The molecule has 0 amide bonds. The molecule has 23 heavy (non-hydrogen) atoms. The summed E-state index contributed by atoms with van der Waals surface area (Å²) in [6, 6.07) is 10.2. The van der Waals surface area contributed by atoms with E-state index in [0.29, 0.717) is 5.92 Å². The van der Waals surface area contributed by atoms with Crippen LogP contribution >= 0.6 is 0 Å². The first-order chi connectivity index (χ1) is 11.3. The van der Waals surface area contributed by atoms with Crippen molar-refractivity contribution in [2.24, 2.45) is 0 Å². The predicted octanol–water partition coefficient (Wildman–Crippen LogP) is 3.00. The van der Waals surface area contributed by atoms with Crippen LogP contribution in [0.4, 0.5) is 0 Å². The monoisotopic (exact) mass is 305 g/mol. The second kappa shape index (κ2) is 5.61. The summed E-state index contributed by atoms with van der Waals surface area (Å²) in [5.41, 5.74) is 5.07. The quantitative estimate of drug-likeness (QED) is 0.752. The second-order valence-electron chi connectivity index (χ2n) is 5.73. The van der Waals surface area contributed by atoms with Crippen molar-refractivity contribution in [2.75, 3.05) is 13.1 Å². The van der Waals surface area contributed by atoms with E-state index >= 15 is 0 Å². The van der Waals surface area contributed by atoms with Crippen LogP contribution in [0.3, 0.4) is 0 Å². The number of nitrogens with one attached hydrogen (secondary N) is 1. The number of nitrogens with zero attached hydrogens (tertiary/aromatic N) is 4. The maximum atomic E-state index is 8.97. The smallest absolute Gasteiger partial charge is 0.179 e. The third-order valence-corrected chi connectivity index (χ3v) is 4.28. The van der Waals surface area contributed by atoms with Crippen LogP contribution in [0.1, 0.15) is 18.0 Å². The molecule has 1 aliphatic heterocycles. The Bertz CT molecular complexity index is 846. The molecule has 1 aliphatic rings. The van der Waals surface area contributed by atoms with E-state index in [0.717, 1.165) is 47.6 Å². The Morgan fingerprint density at radius 2 is 2.17 bits per heavy atom. The van der Waals surface area contributed by atoms with Crippen molar-refractivity contribution >= 4 is 0 Å². The van der Waals surface area contributed by atoms with E-state index in [2.05, 4.69) is 33.7 Å². The van der Waals surface area contributed by atoms with Gasteiger partial charge in [0.05, 0.1) is 17.6 Å². The molecule has 1 N–H and O–H groups in total. The number of benzene rings is 1. The van der Waals surface area contributed by atoms with Gasteiger partial charge in [-0.2, -0.15) is 10.4 Å². The summed E-state index contributed by atoms with van der Waals surface area (Å²) in [6.07, 6.45) is 6.51. The standard InChI is InChI=1S/C17H15N5O/c18-11-22-5-4-14(9-22)17-7-16(20-21-17)13-3-1-2-12(6-13)15-8-19-23-10-15/h1-3,6-8,10,14H,4-5,9H2,(H,20,21). The van der Waals surface area contributed by atoms with Gasteiger partial charge in [-0.25, -0.2) is 0 Å². The number of likely N-dealkylation sites (tertiary alicyclic amines) is 1. The summed E-state index contributed by atoms with van der Waals surface area (Å²) in [7, 11) is 0. The molecule has 114 valence electrons. The normalized spacial score (nSPS) is 17.3. The Labute approximate surface area is 133 Å². The minimum Gasteiger partial charge on any atom is -0.364 e. The Balaban J connectivity index is 1.60. The lowest BCUT2D eigenvalue weighted by Gasteiger charge is -2.05. The van der Waals surface area contributed by atoms with Gasteiger partial charge in [0.25, 0.3) is 0 Å². The molecule has 6 nitrogen and oxygen atoms in total. The highest BCUT2D eigenvalue weighted by Gasteiger charge is 2.25. The molecule has 0 aliphatic carbocycles. The molecular formula is C17H15N5O. The minimum atomic E-state index is 0.320. The van der Waals surface area contributed by atoms with Gasteiger partial charge in [-0.05, 0) is 24.1 Å². The Hall–Kier alpha value is -3.07.